The predicted octanol–water partition coefficient (Wildman–Crippen LogP) is 1.89. The molecule has 0 amide bonds. The highest BCUT2D eigenvalue weighted by molar-refractivity contribution is 4.92. The van der Waals surface area contributed by atoms with Crippen molar-refractivity contribution in [3.63, 3.8) is 0 Å². The Kier molecular flexibility index (Phi) is 2.33. The minimum Gasteiger partial charge on any atom is -0.316 e. The molecular formula is C7H11F4N. The molecule has 0 radical (unpaired) electrons. The smallest absolute Gasteiger partial charge is 0.316 e. The van der Waals surface area contributed by atoms with Gasteiger partial charge in [0.1, 0.15) is 11.6 Å². The summed E-state index contributed by atoms with van der Waals surface area (Å²) in [7, 11) is 0. The van der Waals surface area contributed by atoms with Gasteiger partial charge in [0, 0.05) is 6.54 Å². The third kappa shape index (κ3) is 1.88. The van der Waals surface area contributed by atoms with Crippen LogP contribution in [0.1, 0.15) is 13.3 Å². The summed E-state index contributed by atoms with van der Waals surface area (Å²) in [6.45, 7) is 1.03. The van der Waals surface area contributed by atoms with Gasteiger partial charge in [-0.15, -0.1) is 0 Å². The lowest BCUT2D eigenvalue weighted by atomic mass is 9.84. The first-order valence-corrected chi connectivity index (χ1v) is 3.80. The summed E-state index contributed by atoms with van der Waals surface area (Å²) in [5.41, 5.74) is -2.11. The van der Waals surface area contributed by atoms with Gasteiger partial charge in [-0.25, -0.2) is 4.39 Å². The van der Waals surface area contributed by atoms with Gasteiger partial charge < -0.3 is 5.32 Å². The zero-order valence-electron chi connectivity index (χ0n) is 6.71. The van der Waals surface area contributed by atoms with Gasteiger partial charge in [-0.2, -0.15) is 13.2 Å². The highest BCUT2D eigenvalue weighted by atomic mass is 19.4. The zero-order valence-corrected chi connectivity index (χ0v) is 6.71. The molecule has 0 aromatic carbocycles. The standard InChI is InChI=1S/C7H11F4N/c1-6(8)2-3-12-4-5(6)7(9,10)11/h5,12H,2-4H2,1H3. The van der Waals surface area contributed by atoms with Crippen LogP contribution in [0.15, 0.2) is 0 Å². The highest BCUT2D eigenvalue weighted by Crippen LogP contribution is 2.39. The van der Waals surface area contributed by atoms with Crippen molar-refractivity contribution in [2.45, 2.75) is 25.2 Å². The average Bonchev–Trinajstić information content (AvgIpc) is 1.83. The van der Waals surface area contributed by atoms with Crippen LogP contribution < -0.4 is 5.32 Å². The van der Waals surface area contributed by atoms with Crippen LogP contribution >= 0.6 is 0 Å². The lowest BCUT2D eigenvalue weighted by Crippen LogP contribution is -2.52. The van der Waals surface area contributed by atoms with Crippen molar-refractivity contribution >= 4 is 0 Å². The van der Waals surface area contributed by atoms with Crippen LogP contribution in [0.3, 0.4) is 0 Å². The number of rotatable bonds is 0. The molecule has 1 fully saturated rings. The number of nitrogens with one attached hydrogen (secondary N) is 1. The Hall–Kier alpha value is -0.320. The van der Waals surface area contributed by atoms with E-state index in [1.807, 2.05) is 0 Å². The van der Waals surface area contributed by atoms with Crippen molar-refractivity contribution in [3.05, 3.63) is 0 Å². The fourth-order valence-corrected chi connectivity index (χ4v) is 1.42. The third-order valence-corrected chi connectivity index (χ3v) is 2.26. The summed E-state index contributed by atoms with van der Waals surface area (Å²) in [5, 5.41) is 2.54. The SMILES string of the molecule is CC1(F)CCNCC1C(F)(F)F. The molecule has 1 saturated heterocycles. The van der Waals surface area contributed by atoms with Crippen molar-refractivity contribution in [2.75, 3.05) is 13.1 Å². The van der Waals surface area contributed by atoms with Crippen LogP contribution in [0.25, 0.3) is 0 Å². The predicted molar refractivity (Wildman–Crippen MR) is 36.5 cm³/mol. The lowest BCUT2D eigenvalue weighted by molar-refractivity contribution is -0.212. The Bertz CT molecular complexity index is 163. The van der Waals surface area contributed by atoms with Crippen molar-refractivity contribution in [2.24, 2.45) is 5.92 Å². The van der Waals surface area contributed by atoms with Gasteiger partial charge in [-0.1, -0.05) is 0 Å². The summed E-state index contributed by atoms with van der Waals surface area (Å²) in [6.07, 6.45) is -4.51. The van der Waals surface area contributed by atoms with Crippen molar-refractivity contribution in [1.29, 1.82) is 0 Å². The quantitative estimate of drug-likeness (QED) is 0.568. The molecule has 0 spiro atoms. The summed E-state index contributed by atoms with van der Waals surface area (Å²) in [6, 6.07) is 0. The summed E-state index contributed by atoms with van der Waals surface area (Å²) < 4.78 is 49.7. The summed E-state index contributed by atoms with van der Waals surface area (Å²) >= 11 is 0. The van der Waals surface area contributed by atoms with Gasteiger partial charge in [-0.05, 0) is 19.9 Å². The van der Waals surface area contributed by atoms with Crippen LogP contribution in [0, 0.1) is 5.92 Å². The second kappa shape index (κ2) is 2.87. The summed E-state index contributed by atoms with van der Waals surface area (Å²) in [5.74, 6) is -1.86. The molecule has 0 aromatic heterocycles. The van der Waals surface area contributed by atoms with Crippen molar-refractivity contribution in [1.82, 2.24) is 5.32 Å². The van der Waals surface area contributed by atoms with Crippen molar-refractivity contribution < 1.29 is 17.6 Å². The molecule has 1 nitrogen and oxygen atoms in total. The molecule has 1 N–H and O–H groups in total. The number of hydrogen-bond acceptors (Lipinski definition) is 1. The van der Waals surface area contributed by atoms with Gasteiger partial charge in [0.2, 0.25) is 0 Å². The molecule has 0 saturated carbocycles. The van der Waals surface area contributed by atoms with E-state index in [4.69, 9.17) is 0 Å². The molecule has 12 heavy (non-hydrogen) atoms. The van der Waals surface area contributed by atoms with E-state index in [9.17, 15) is 17.6 Å². The highest BCUT2D eigenvalue weighted by Gasteiger charge is 2.52. The van der Waals surface area contributed by atoms with Crippen LogP contribution in [-0.4, -0.2) is 24.9 Å². The fraction of sp³-hybridized carbons (Fsp3) is 1.00. The van der Waals surface area contributed by atoms with Crippen LogP contribution in [0.5, 0.6) is 0 Å². The number of hydrogen-bond donors (Lipinski definition) is 1. The van der Waals surface area contributed by atoms with E-state index in [1.165, 1.54) is 0 Å². The second-order valence-corrected chi connectivity index (χ2v) is 3.33. The maximum absolute atomic E-state index is 13.3. The zero-order chi connectivity index (χ0) is 9.41. The van der Waals surface area contributed by atoms with E-state index in [1.54, 1.807) is 0 Å². The first-order chi connectivity index (χ1) is 5.34. The molecule has 5 heteroatoms. The van der Waals surface area contributed by atoms with Gasteiger partial charge in [0.05, 0.1) is 0 Å². The van der Waals surface area contributed by atoms with E-state index in [-0.39, 0.29) is 13.0 Å². The minimum atomic E-state index is -4.43. The molecule has 1 rings (SSSR count). The molecule has 72 valence electrons. The molecular weight excluding hydrogens is 174 g/mol. The molecule has 0 aliphatic carbocycles. The van der Waals surface area contributed by atoms with E-state index < -0.39 is 17.8 Å². The molecule has 0 aromatic rings. The van der Waals surface area contributed by atoms with Crippen molar-refractivity contribution in [3.8, 4) is 0 Å². The van der Waals surface area contributed by atoms with E-state index in [0.29, 0.717) is 6.54 Å². The largest absolute Gasteiger partial charge is 0.396 e. The Morgan fingerprint density at radius 1 is 1.42 bits per heavy atom. The Labute approximate surface area is 68.1 Å². The molecule has 2 unspecified atom stereocenters. The maximum atomic E-state index is 13.3. The summed E-state index contributed by atoms with van der Waals surface area (Å²) in [4.78, 5) is 0. The topological polar surface area (TPSA) is 12.0 Å². The van der Waals surface area contributed by atoms with Gasteiger partial charge >= 0.3 is 6.18 Å². The number of piperidine rings is 1. The lowest BCUT2D eigenvalue weighted by Gasteiger charge is -2.36. The van der Waals surface area contributed by atoms with Gasteiger partial charge in [-0.3, -0.25) is 0 Å². The molecule has 2 atom stereocenters. The molecule has 1 heterocycles. The van der Waals surface area contributed by atoms with E-state index in [2.05, 4.69) is 5.32 Å². The van der Waals surface area contributed by atoms with E-state index in [0.717, 1.165) is 6.92 Å². The maximum Gasteiger partial charge on any atom is 0.396 e. The molecule has 0 bridgehead atoms. The second-order valence-electron chi connectivity index (χ2n) is 3.33. The van der Waals surface area contributed by atoms with Gasteiger partial charge in [0.15, 0.2) is 0 Å². The van der Waals surface area contributed by atoms with Crippen LogP contribution in [0.4, 0.5) is 17.6 Å². The minimum absolute atomic E-state index is 0.0722. The van der Waals surface area contributed by atoms with Gasteiger partial charge in [0.25, 0.3) is 0 Å². The normalized spacial score (nSPS) is 38.2. The molecule has 1 aliphatic heterocycles. The Morgan fingerprint density at radius 2 is 2.00 bits per heavy atom. The third-order valence-electron chi connectivity index (χ3n) is 2.26. The average molecular weight is 185 g/mol. The Morgan fingerprint density at radius 3 is 2.33 bits per heavy atom. The molecule has 1 aliphatic rings. The number of alkyl halides is 4. The van der Waals surface area contributed by atoms with Crippen LogP contribution in [-0.2, 0) is 0 Å². The van der Waals surface area contributed by atoms with E-state index >= 15 is 0 Å². The number of halogens is 4. The monoisotopic (exact) mass is 185 g/mol. The Balaban J connectivity index is 2.73. The van der Waals surface area contributed by atoms with Crippen LogP contribution in [0.2, 0.25) is 0 Å². The first-order valence-electron chi connectivity index (χ1n) is 3.80. The first kappa shape index (κ1) is 9.77. The fourth-order valence-electron chi connectivity index (χ4n) is 1.42.